The fourth-order valence-electron chi connectivity index (χ4n) is 1.31. The lowest BCUT2D eigenvalue weighted by atomic mass is 10.2. The van der Waals surface area contributed by atoms with Crippen LogP contribution in [0.25, 0.3) is 0 Å². The lowest BCUT2D eigenvalue weighted by Crippen LogP contribution is -2.37. The highest BCUT2D eigenvalue weighted by molar-refractivity contribution is 6.40. The molecule has 102 valence electrons. The summed E-state index contributed by atoms with van der Waals surface area (Å²) >= 11 is 0. The van der Waals surface area contributed by atoms with Crippen LogP contribution < -0.4 is 10.6 Å². The van der Waals surface area contributed by atoms with Gasteiger partial charge in [-0.2, -0.15) is 0 Å². The molecule has 0 aliphatic rings. The molecule has 0 spiro atoms. The Kier molecular flexibility index (Phi) is 5.49. The van der Waals surface area contributed by atoms with E-state index in [2.05, 4.69) is 15.4 Å². The first kappa shape index (κ1) is 14.7. The number of esters is 1. The summed E-state index contributed by atoms with van der Waals surface area (Å²) in [5.74, 6) is -2.44. The van der Waals surface area contributed by atoms with Crippen molar-refractivity contribution in [2.24, 2.45) is 0 Å². The van der Waals surface area contributed by atoms with Crippen LogP contribution in [-0.2, 0) is 14.3 Å². The first-order chi connectivity index (χ1) is 9.10. The number of ether oxygens (including phenoxy) is 1. The van der Waals surface area contributed by atoms with Crippen LogP contribution in [0, 0.1) is 0 Å². The van der Waals surface area contributed by atoms with Crippen LogP contribution in [0.4, 0.5) is 5.69 Å². The average Bonchev–Trinajstić information content (AvgIpc) is 2.44. The van der Waals surface area contributed by atoms with Gasteiger partial charge in [-0.15, -0.1) is 0 Å². The molecule has 7 heteroatoms. The molecule has 1 aromatic carbocycles. The normalized spacial score (nSPS) is 9.58. The van der Waals surface area contributed by atoms with E-state index in [1.165, 1.54) is 19.2 Å². The van der Waals surface area contributed by atoms with E-state index in [0.29, 0.717) is 0 Å². The van der Waals surface area contributed by atoms with Gasteiger partial charge in [0.25, 0.3) is 0 Å². The molecule has 0 saturated heterocycles. The van der Waals surface area contributed by atoms with Gasteiger partial charge in [-0.25, -0.2) is 4.79 Å². The van der Waals surface area contributed by atoms with Gasteiger partial charge in [-0.3, -0.25) is 9.59 Å². The number of carbonyl (C=O) groups excluding carboxylic acids is 3. The number of anilines is 1. The van der Waals surface area contributed by atoms with Crippen LogP contribution in [0.1, 0.15) is 10.4 Å². The first-order valence-electron chi connectivity index (χ1n) is 5.47. The van der Waals surface area contributed by atoms with Crippen molar-refractivity contribution in [3.63, 3.8) is 0 Å². The lowest BCUT2D eigenvalue weighted by molar-refractivity contribution is -0.136. The van der Waals surface area contributed by atoms with E-state index in [0.717, 1.165) is 0 Å². The van der Waals surface area contributed by atoms with E-state index in [1.807, 2.05) is 0 Å². The molecule has 0 aromatic heterocycles. The van der Waals surface area contributed by atoms with Crippen LogP contribution in [0.15, 0.2) is 24.3 Å². The predicted octanol–water partition coefficient (Wildman–Crippen LogP) is -0.480. The summed E-state index contributed by atoms with van der Waals surface area (Å²) < 4.78 is 4.56. The summed E-state index contributed by atoms with van der Waals surface area (Å²) in [6.07, 6.45) is 0. The number of methoxy groups -OCH3 is 1. The number of amides is 2. The van der Waals surface area contributed by atoms with E-state index >= 15 is 0 Å². The molecule has 3 N–H and O–H groups in total. The van der Waals surface area contributed by atoms with Crippen LogP contribution >= 0.6 is 0 Å². The third kappa shape index (κ3) is 4.07. The molecule has 0 radical (unpaired) electrons. The van der Waals surface area contributed by atoms with Crippen LogP contribution in [0.5, 0.6) is 0 Å². The number of para-hydroxylation sites is 1. The van der Waals surface area contributed by atoms with Gasteiger partial charge in [-0.05, 0) is 12.1 Å². The quantitative estimate of drug-likeness (QED) is 0.504. The smallest absolute Gasteiger partial charge is 0.339 e. The zero-order valence-corrected chi connectivity index (χ0v) is 10.3. The van der Waals surface area contributed by atoms with Gasteiger partial charge in [0.1, 0.15) is 0 Å². The maximum atomic E-state index is 11.5. The van der Waals surface area contributed by atoms with Gasteiger partial charge >= 0.3 is 17.8 Å². The Balaban J connectivity index is 2.79. The molecule has 7 nitrogen and oxygen atoms in total. The Labute approximate surface area is 109 Å². The molecule has 0 heterocycles. The van der Waals surface area contributed by atoms with Crippen LogP contribution in [0.2, 0.25) is 0 Å². The number of aliphatic hydroxyl groups excluding tert-OH is 1. The number of benzene rings is 1. The Hall–Kier alpha value is -2.41. The van der Waals surface area contributed by atoms with Gasteiger partial charge in [0.05, 0.1) is 25.0 Å². The predicted molar refractivity (Wildman–Crippen MR) is 66.5 cm³/mol. The maximum absolute atomic E-state index is 11.5. The molecule has 0 bridgehead atoms. The van der Waals surface area contributed by atoms with Crippen LogP contribution in [-0.4, -0.2) is 43.2 Å². The molecular formula is C12H14N2O5. The van der Waals surface area contributed by atoms with E-state index in [9.17, 15) is 14.4 Å². The van der Waals surface area contributed by atoms with Crippen molar-refractivity contribution >= 4 is 23.5 Å². The van der Waals surface area contributed by atoms with Crippen molar-refractivity contribution in [2.75, 3.05) is 25.6 Å². The second-order valence-corrected chi connectivity index (χ2v) is 3.47. The maximum Gasteiger partial charge on any atom is 0.339 e. The van der Waals surface area contributed by atoms with Gasteiger partial charge < -0.3 is 20.5 Å². The third-order valence-corrected chi connectivity index (χ3v) is 2.18. The van der Waals surface area contributed by atoms with E-state index in [-0.39, 0.29) is 24.4 Å². The van der Waals surface area contributed by atoms with Gasteiger partial charge in [0.2, 0.25) is 0 Å². The number of nitrogens with one attached hydrogen (secondary N) is 2. The Morgan fingerprint density at radius 1 is 1.21 bits per heavy atom. The minimum absolute atomic E-state index is 0.0229. The minimum atomic E-state index is -0.926. The number of hydrogen-bond acceptors (Lipinski definition) is 5. The van der Waals surface area contributed by atoms with Crippen LogP contribution in [0.3, 0.4) is 0 Å². The second kappa shape index (κ2) is 7.12. The largest absolute Gasteiger partial charge is 0.465 e. The molecule has 2 amide bonds. The molecule has 0 saturated carbocycles. The van der Waals surface area contributed by atoms with Crippen molar-refractivity contribution < 1.29 is 24.2 Å². The SMILES string of the molecule is COC(=O)c1ccccc1NC(=O)C(=O)NCCO. The zero-order chi connectivity index (χ0) is 14.3. The Morgan fingerprint density at radius 2 is 1.89 bits per heavy atom. The standard InChI is InChI=1S/C12H14N2O5/c1-19-12(18)8-4-2-3-5-9(8)14-11(17)10(16)13-6-7-15/h2-5,15H,6-7H2,1H3,(H,13,16)(H,14,17). The summed E-state index contributed by atoms with van der Waals surface area (Å²) in [5.41, 5.74) is 0.326. The molecule has 1 aromatic rings. The molecule has 0 aliphatic carbocycles. The van der Waals surface area contributed by atoms with Crippen molar-refractivity contribution in [1.82, 2.24) is 5.32 Å². The number of carbonyl (C=O) groups is 3. The Bertz CT molecular complexity index is 487. The van der Waals surface area contributed by atoms with Crippen molar-refractivity contribution in [2.45, 2.75) is 0 Å². The van der Waals surface area contributed by atoms with E-state index in [4.69, 9.17) is 5.11 Å². The molecule has 0 unspecified atom stereocenters. The van der Waals surface area contributed by atoms with Crippen molar-refractivity contribution in [1.29, 1.82) is 0 Å². The summed E-state index contributed by atoms with van der Waals surface area (Å²) in [4.78, 5) is 34.3. The van der Waals surface area contributed by atoms with Gasteiger partial charge in [0, 0.05) is 6.54 Å². The molecule has 0 fully saturated rings. The highest BCUT2D eigenvalue weighted by atomic mass is 16.5. The summed E-state index contributed by atoms with van der Waals surface area (Å²) in [6.45, 7) is -0.289. The van der Waals surface area contributed by atoms with Gasteiger partial charge in [-0.1, -0.05) is 12.1 Å². The second-order valence-electron chi connectivity index (χ2n) is 3.47. The number of hydrogen-bond donors (Lipinski definition) is 3. The minimum Gasteiger partial charge on any atom is -0.465 e. The monoisotopic (exact) mass is 266 g/mol. The molecular weight excluding hydrogens is 252 g/mol. The summed E-state index contributed by atoms with van der Waals surface area (Å²) in [7, 11) is 1.22. The van der Waals surface area contributed by atoms with E-state index < -0.39 is 17.8 Å². The number of rotatable bonds is 4. The fraction of sp³-hybridized carbons (Fsp3) is 0.250. The topological polar surface area (TPSA) is 105 Å². The Morgan fingerprint density at radius 3 is 2.53 bits per heavy atom. The van der Waals surface area contributed by atoms with E-state index in [1.54, 1.807) is 12.1 Å². The summed E-state index contributed by atoms with van der Waals surface area (Å²) in [5, 5.41) is 13.0. The van der Waals surface area contributed by atoms with Crippen molar-refractivity contribution in [3.8, 4) is 0 Å². The highest BCUT2D eigenvalue weighted by Crippen LogP contribution is 2.15. The molecule has 0 aliphatic heterocycles. The van der Waals surface area contributed by atoms with Gasteiger partial charge in [0.15, 0.2) is 0 Å². The summed E-state index contributed by atoms with van der Waals surface area (Å²) in [6, 6.07) is 6.15. The fourth-order valence-corrected chi connectivity index (χ4v) is 1.31. The zero-order valence-electron chi connectivity index (χ0n) is 10.3. The number of aliphatic hydroxyl groups is 1. The lowest BCUT2D eigenvalue weighted by Gasteiger charge is -2.09. The van der Waals surface area contributed by atoms with Crippen molar-refractivity contribution in [3.05, 3.63) is 29.8 Å². The first-order valence-corrected chi connectivity index (χ1v) is 5.47. The third-order valence-electron chi connectivity index (χ3n) is 2.18. The molecule has 1 rings (SSSR count). The molecule has 19 heavy (non-hydrogen) atoms. The highest BCUT2D eigenvalue weighted by Gasteiger charge is 2.17. The average molecular weight is 266 g/mol. The molecule has 0 atom stereocenters.